The van der Waals surface area contributed by atoms with E-state index in [-0.39, 0.29) is 23.3 Å². The molecule has 2 aromatic rings. The van der Waals surface area contributed by atoms with Gasteiger partial charge in [-0.1, -0.05) is 24.1 Å². The van der Waals surface area contributed by atoms with Crippen molar-refractivity contribution in [3.8, 4) is 5.75 Å². The molecular weight excluding hydrogens is 538 g/mol. The average Bonchev–Trinajstić information content (AvgIpc) is 3.71. The van der Waals surface area contributed by atoms with Crippen LogP contribution in [0.25, 0.3) is 0 Å². The topological polar surface area (TPSA) is 62.3 Å². The highest BCUT2D eigenvalue weighted by atomic mass is 35.5. The Bertz CT molecular complexity index is 1240. The smallest absolute Gasteiger partial charge is 0.254 e. The molecule has 0 aromatic heterocycles. The van der Waals surface area contributed by atoms with Gasteiger partial charge in [0.15, 0.2) is 0 Å². The Labute approximate surface area is 248 Å². The average molecular weight is 580 g/mol. The van der Waals surface area contributed by atoms with Gasteiger partial charge in [-0.25, -0.2) is 0 Å². The van der Waals surface area contributed by atoms with E-state index in [0.717, 1.165) is 88.9 Å². The van der Waals surface area contributed by atoms with Crippen LogP contribution in [0, 0.1) is 5.41 Å². The standard InChI is InChI=1S/C33H42ClN3O4/c34-29-11-10-26(22-30(29)35-15-2-3-16-35)31(38)36-18-13-33(14-19-36)12-1-4-20-40-23-27-8-6-17-37(27)32(39)25-7-5-9-28(21-25)41-24-33/h5,7,9-11,21-22,27H,1-4,6,8,12-20,23-24H2/t27-/m0/s1. The van der Waals surface area contributed by atoms with Crippen LogP contribution in [0.1, 0.15) is 78.5 Å². The van der Waals surface area contributed by atoms with Crippen LogP contribution >= 0.6 is 11.6 Å². The third-order valence-corrected chi connectivity index (χ3v) is 9.89. The summed E-state index contributed by atoms with van der Waals surface area (Å²) in [6.07, 6.45) is 9.20. The highest BCUT2D eigenvalue weighted by Gasteiger charge is 2.37. The minimum absolute atomic E-state index is 0.0162. The molecule has 0 radical (unpaired) electrons. The van der Waals surface area contributed by atoms with Crippen molar-refractivity contribution in [3.05, 3.63) is 58.6 Å². The van der Waals surface area contributed by atoms with Crippen molar-refractivity contribution in [1.29, 1.82) is 0 Å². The van der Waals surface area contributed by atoms with Crippen molar-refractivity contribution in [2.45, 2.75) is 63.8 Å². The number of halogens is 1. The van der Waals surface area contributed by atoms with Crippen molar-refractivity contribution in [3.63, 3.8) is 0 Å². The van der Waals surface area contributed by atoms with Gasteiger partial charge in [0.05, 0.1) is 30.0 Å². The number of hydrogen-bond acceptors (Lipinski definition) is 5. The van der Waals surface area contributed by atoms with Gasteiger partial charge in [-0.3, -0.25) is 9.59 Å². The van der Waals surface area contributed by atoms with Crippen LogP contribution in [-0.2, 0) is 4.74 Å². The van der Waals surface area contributed by atoms with Gasteiger partial charge in [0, 0.05) is 55.9 Å². The summed E-state index contributed by atoms with van der Waals surface area (Å²) in [7, 11) is 0. The predicted molar refractivity (Wildman–Crippen MR) is 161 cm³/mol. The van der Waals surface area contributed by atoms with Gasteiger partial charge < -0.3 is 24.2 Å². The molecule has 41 heavy (non-hydrogen) atoms. The molecule has 2 aromatic carbocycles. The fourth-order valence-electron chi connectivity index (χ4n) is 7.00. The second kappa shape index (κ2) is 12.6. The molecule has 4 aliphatic rings. The number of piperidine rings is 1. The van der Waals surface area contributed by atoms with E-state index in [2.05, 4.69) is 4.90 Å². The van der Waals surface area contributed by atoms with Gasteiger partial charge in [-0.05, 0) is 87.8 Å². The van der Waals surface area contributed by atoms with E-state index in [4.69, 9.17) is 21.1 Å². The van der Waals surface area contributed by atoms with Gasteiger partial charge in [-0.2, -0.15) is 0 Å². The van der Waals surface area contributed by atoms with E-state index < -0.39 is 0 Å². The SMILES string of the molecule is O=C(c1ccc(Cl)c(N2CCCC2)c1)N1CCC2(CCCCOC[C@@H]3CCCN3C(=O)c3cccc(c3)OC2)CC1. The Morgan fingerprint density at radius 3 is 2.56 bits per heavy atom. The maximum absolute atomic E-state index is 13.6. The van der Waals surface area contributed by atoms with Crippen LogP contribution < -0.4 is 9.64 Å². The zero-order chi connectivity index (χ0) is 28.2. The summed E-state index contributed by atoms with van der Waals surface area (Å²) in [4.78, 5) is 33.1. The molecule has 2 amide bonds. The van der Waals surface area contributed by atoms with Crippen molar-refractivity contribution in [1.82, 2.24) is 9.80 Å². The number of ether oxygens (including phenoxy) is 2. The summed E-state index contributed by atoms with van der Waals surface area (Å²) in [6, 6.07) is 13.5. The molecule has 4 aliphatic heterocycles. The van der Waals surface area contributed by atoms with E-state index >= 15 is 0 Å². The zero-order valence-corrected chi connectivity index (χ0v) is 24.7. The van der Waals surface area contributed by atoms with E-state index in [0.29, 0.717) is 49.1 Å². The maximum atomic E-state index is 13.6. The van der Waals surface area contributed by atoms with Gasteiger partial charge >= 0.3 is 0 Å². The van der Waals surface area contributed by atoms with Crippen LogP contribution in [0.4, 0.5) is 5.69 Å². The fraction of sp³-hybridized carbons (Fsp3) is 0.576. The van der Waals surface area contributed by atoms with Crippen LogP contribution in [-0.4, -0.2) is 80.2 Å². The first-order valence-electron chi connectivity index (χ1n) is 15.5. The lowest BCUT2D eigenvalue weighted by molar-refractivity contribution is 0.0332. The number of benzene rings is 2. The molecule has 220 valence electrons. The second-order valence-corrected chi connectivity index (χ2v) is 12.7. The predicted octanol–water partition coefficient (Wildman–Crippen LogP) is 6.05. The van der Waals surface area contributed by atoms with Gasteiger partial charge in [-0.15, -0.1) is 0 Å². The molecule has 0 unspecified atom stereocenters. The number of carbonyl (C=O) groups is 2. The molecule has 1 spiro atoms. The third-order valence-electron chi connectivity index (χ3n) is 9.57. The molecule has 8 heteroatoms. The summed E-state index contributed by atoms with van der Waals surface area (Å²) in [6.45, 7) is 6.07. The Morgan fingerprint density at radius 1 is 0.902 bits per heavy atom. The molecule has 7 nitrogen and oxygen atoms in total. The highest BCUT2D eigenvalue weighted by Crippen LogP contribution is 2.39. The first-order valence-corrected chi connectivity index (χ1v) is 15.8. The maximum Gasteiger partial charge on any atom is 0.254 e. The number of rotatable bonds is 2. The molecule has 0 saturated carbocycles. The monoisotopic (exact) mass is 579 g/mol. The summed E-state index contributed by atoms with van der Waals surface area (Å²) >= 11 is 6.51. The van der Waals surface area contributed by atoms with Crippen LogP contribution in [0.15, 0.2) is 42.5 Å². The quantitative estimate of drug-likeness (QED) is 0.434. The summed E-state index contributed by atoms with van der Waals surface area (Å²) in [5, 5.41) is 0.712. The van der Waals surface area contributed by atoms with Gasteiger partial charge in [0.1, 0.15) is 5.75 Å². The lowest BCUT2D eigenvalue weighted by atomic mass is 9.75. The molecule has 0 N–H and O–H groups in total. The lowest BCUT2D eigenvalue weighted by Crippen LogP contribution is -2.45. The fourth-order valence-corrected chi connectivity index (χ4v) is 7.24. The van der Waals surface area contributed by atoms with Crippen LogP contribution in [0.3, 0.4) is 0 Å². The second-order valence-electron chi connectivity index (χ2n) is 12.3. The Balaban J connectivity index is 1.14. The highest BCUT2D eigenvalue weighted by molar-refractivity contribution is 6.33. The van der Waals surface area contributed by atoms with E-state index in [1.54, 1.807) is 0 Å². The molecule has 3 fully saturated rings. The summed E-state index contributed by atoms with van der Waals surface area (Å²) < 4.78 is 12.5. The van der Waals surface area contributed by atoms with Crippen LogP contribution in [0.2, 0.25) is 5.02 Å². The number of amides is 2. The van der Waals surface area contributed by atoms with Crippen molar-refractivity contribution >= 4 is 29.1 Å². The summed E-state index contributed by atoms with van der Waals surface area (Å²) in [5.74, 6) is 0.884. The van der Waals surface area contributed by atoms with E-state index in [9.17, 15) is 9.59 Å². The van der Waals surface area contributed by atoms with E-state index in [1.165, 1.54) is 0 Å². The summed E-state index contributed by atoms with van der Waals surface area (Å²) in [5.41, 5.74) is 2.35. The van der Waals surface area contributed by atoms with Crippen molar-refractivity contribution in [2.24, 2.45) is 5.41 Å². The minimum atomic E-state index is -0.0162. The molecule has 6 rings (SSSR count). The molecule has 4 heterocycles. The Hall–Kier alpha value is -2.77. The Morgan fingerprint density at radius 2 is 1.73 bits per heavy atom. The first-order chi connectivity index (χ1) is 20.0. The van der Waals surface area contributed by atoms with Crippen molar-refractivity contribution < 1.29 is 19.1 Å². The van der Waals surface area contributed by atoms with E-state index in [1.807, 2.05) is 52.3 Å². The number of anilines is 1. The molecular formula is C33H42ClN3O4. The first kappa shape index (κ1) is 28.4. The number of fused-ring (bicyclic) bond motifs is 3. The largest absolute Gasteiger partial charge is 0.493 e. The van der Waals surface area contributed by atoms with Gasteiger partial charge in [0.2, 0.25) is 0 Å². The van der Waals surface area contributed by atoms with Crippen molar-refractivity contribution in [2.75, 3.05) is 57.4 Å². The molecule has 3 saturated heterocycles. The number of hydrogen-bond donors (Lipinski definition) is 0. The number of carbonyl (C=O) groups excluding carboxylic acids is 2. The van der Waals surface area contributed by atoms with Crippen LogP contribution in [0.5, 0.6) is 5.75 Å². The molecule has 2 bridgehead atoms. The normalized spacial score (nSPS) is 23.6. The Kier molecular flexibility index (Phi) is 8.73. The number of likely N-dealkylation sites (tertiary alicyclic amines) is 1. The third kappa shape index (κ3) is 6.36. The number of nitrogens with zero attached hydrogens (tertiary/aromatic N) is 3. The molecule has 1 atom stereocenters. The zero-order valence-electron chi connectivity index (χ0n) is 24.0. The molecule has 0 aliphatic carbocycles. The van der Waals surface area contributed by atoms with Gasteiger partial charge in [0.25, 0.3) is 11.8 Å². The minimum Gasteiger partial charge on any atom is -0.493 e. The lowest BCUT2D eigenvalue weighted by Gasteiger charge is -2.42.